The third-order valence-electron chi connectivity index (χ3n) is 4.00. The van der Waals surface area contributed by atoms with E-state index in [-0.39, 0.29) is 12.0 Å². The van der Waals surface area contributed by atoms with E-state index in [1.54, 1.807) is 29.2 Å². The summed E-state index contributed by atoms with van der Waals surface area (Å²) in [6.45, 7) is 8.35. The molecule has 6 heteroatoms. The van der Waals surface area contributed by atoms with E-state index in [0.29, 0.717) is 23.8 Å². The Bertz CT molecular complexity index is 610. The molecule has 132 valence electrons. The maximum absolute atomic E-state index is 12.7. The topological polar surface area (TPSA) is 58.6 Å². The third kappa shape index (κ3) is 4.87. The van der Waals surface area contributed by atoms with Crippen LogP contribution in [0.4, 0.5) is 10.5 Å². The van der Waals surface area contributed by atoms with E-state index in [4.69, 9.17) is 16.3 Å². The van der Waals surface area contributed by atoms with Crippen LogP contribution in [-0.2, 0) is 9.53 Å². The van der Waals surface area contributed by atoms with E-state index in [1.807, 2.05) is 27.7 Å². The van der Waals surface area contributed by atoms with Crippen LogP contribution in [0.15, 0.2) is 24.3 Å². The fraction of sp³-hybridized carbons (Fsp3) is 0.556. The predicted molar refractivity (Wildman–Crippen MR) is 95.2 cm³/mol. The molecule has 1 unspecified atom stereocenters. The molecule has 2 rings (SSSR count). The normalized spacial score (nSPS) is 21.3. The highest BCUT2D eigenvalue weighted by atomic mass is 35.5. The predicted octanol–water partition coefficient (Wildman–Crippen LogP) is 4.32. The molecule has 5 nitrogen and oxygen atoms in total. The van der Waals surface area contributed by atoms with Gasteiger partial charge >= 0.3 is 6.09 Å². The number of hydrogen-bond donors (Lipinski definition) is 1. The standard InChI is InChI=1S/C18H25ClN2O3/c1-17(2,3)24-16(23)21-11-5-10-18(4,12-21)15(22)20-14-8-6-13(19)7-9-14/h6-9H,5,10-12H2,1-4H3,(H,20,22). The minimum Gasteiger partial charge on any atom is -0.444 e. The summed E-state index contributed by atoms with van der Waals surface area (Å²) < 4.78 is 5.42. The van der Waals surface area contributed by atoms with Gasteiger partial charge in [0.15, 0.2) is 0 Å². The van der Waals surface area contributed by atoms with Gasteiger partial charge < -0.3 is 15.0 Å². The SMILES string of the molecule is CC(C)(C)OC(=O)N1CCCC(C)(C(=O)Nc2ccc(Cl)cc2)C1. The summed E-state index contributed by atoms with van der Waals surface area (Å²) in [5.74, 6) is -0.0990. The maximum atomic E-state index is 12.7. The second kappa shape index (κ2) is 7.01. The van der Waals surface area contributed by atoms with Gasteiger partial charge in [0.1, 0.15) is 5.60 Å². The minimum absolute atomic E-state index is 0.0990. The van der Waals surface area contributed by atoms with Crippen LogP contribution in [0.5, 0.6) is 0 Å². The van der Waals surface area contributed by atoms with Crippen LogP contribution in [0.2, 0.25) is 5.02 Å². The largest absolute Gasteiger partial charge is 0.444 e. The van der Waals surface area contributed by atoms with Gasteiger partial charge in [-0.15, -0.1) is 0 Å². The van der Waals surface area contributed by atoms with Gasteiger partial charge in [-0.3, -0.25) is 4.79 Å². The van der Waals surface area contributed by atoms with E-state index in [2.05, 4.69) is 5.32 Å². The molecule has 1 aliphatic heterocycles. The molecular weight excluding hydrogens is 328 g/mol. The second-order valence-corrected chi connectivity index (χ2v) is 7.96. The Morgan fingerprint density at radius 2 is 1.88 bits per heavy atom. The lowest BCUT2D eigenvalue weighted by Crippen LogP contribution is -2.51. The lowest BCUT2D eigenvalue weighted by Gasteiger charge is -2.39. The first-order valence-corrected chi connectivity index (χ1v) is 8.52. The number of nitrogens with zero attached hydrogens (tertiary/aromatic N) is 1. The van der Waals surface area contributed by atoms with E-state index >= 15 is 0 Å². The van der Waals surface area contributed by atoms with Gasteiger partial charge in [0, 0.05) is 23.8 Å². The molecule has 1 atom stereocenters. The first-order chi connectivity index (χ1) is 11.1. The van der Waals surface area contributed by atoms with Crippen molar-refractivity contribution in [2.24, 2.45) is 5.41 Å². The third-order valence-corrected chi connectivity index (χ3v) is 4.25. The number of amides is 2. The molecule has 0 aromatic heterocycles. The molecule has 2 amide bonds. The molecule has 0 saturated carbocycles. The van der Waals surface area contributed by atoms with Crippen molar-refractivity contribution in [2.45, 2.75) is 46.1 Å². The number of hydrogen-bond acceptors (Lipinski definition) is 3. The van der Waals surface area contributed by atoms with Crippen molar-refractivity contribution in [3.63, 3.8) is 0 Å². The highest BCUT2D eigenvalue weighted by Crippen LogP contribution is 2.32. The van der Waals surface area contributed by atoms with E-state index in [1.165, 1.54) is 0 Å². The molecule has 24 heavy (non-hydrogen) atoms. The van der Waals surface area contributed by atoms with Crippen LogP contribution in [0, 0.1) is 5.41 Å². The average molecular weight is 353 g/mol. The number of carbonyl (C=O) groups is 2. The Balaban J connectivity index is 2.03. The number of rotatable bonds is 2. The maximum Gasteiger partial charge on any atom is 0.410 e. The second-order valence-electron chi connectivity index (χ2n) is 7.53. The van der Waals surface area contributed by atoms with Gasteiger partial charge in [-0.1, -0.05) is 11.6 Å². The Morgan fingerprint density at radius 1 is 1.25 bits per heavy atom. The quantitative estimate of drug-likeness (QED) is 0.862. The zero-order valence-corrected chi connectivity index (χ0v) is 15.4. The van der Waals surface area contributed by atoms with Crippen LogP contribution in [0.25, 0.3) is 0 Å². The molecule has 1 fully saturated rings. The van der Waals surface area contributed by atoms with E-state index in [0.717, 1.165) is 12.8 Å². The van der Waals surface area contributed by atoms with Crippen molar-refractivity contribution in [3.8, 4) is 0 Å². The Labute approximate surface area is 148 Å². The van der Waals surface area contributed by atoms with Gasteiger partial charge in [0.2, 0.25) is 5.91 Å². The number of likely N-dealkylation sites (tertiary alicyclic amines) is 1. The minimum atomic E-state index is -0.644. The lowest BCUT2D eigenvalue weighted by molar-refractivity contribution is -0.127. The van der Waals surface area contributed by atoms with Gasteiger partial charge in [-0.25, -0.2) is 4.79 Å². The molecule has 1 N–H and O–H groups in total. The van der Waals surface area contributed by atoms with Gasteiger partial charge in [-0.2, -0.15) is 0 Å². The van der Waals surface area contributed by atoms with Crippen molar-refractivity contribution in [1.82, 2.24) is 4.90 Å². The number of halogens is 1. The molecule has 0 aliphatic carbocycles. The Morgan fingerprint density at radius 3 is 2.46 bits per heavy atom. The number of piperidine rings is 1. The molecule has 1 heterocycles. The molecule has 1 aromatic carbocycles. The van der Waals surface area contributed by atoms with Gasteiger partial charge in [0.05, 0.1) is 5.41 Å². The number of benzene rings is 1. The summed E-state index contributed by atoms with van der Waals surface area (Å²) >= 11 is 5.86. The van der Waals surface area contributed by atoms with Crippen molar-refractivity contribution >= 4 is 29.3 Å². The number of anilines is 1. The lowest BCUT2D eigenvalue weighted by atomic mass is 9.81. The van der Waals surface area contributed by atoms with Crippen LogP contribution in [-0.4, -0.2) is 35.6 Å². The first-order valence-electron chi connectivity index (χ1n) is 8.14. The summed E-state index contributed by atoms with van der Waals surface area (Å²) in [5, 5.41) is 3.53. The van der Waals surface area contributed by atoms with Crippen molar-refractivity contribution in [2.75, 3.05) is 18.4 Å². The van der Waals surface area contributed by atoms with Crippen LogP contribution in [0.3, 0.4) is 0 Å². The van der Waals surface area contributed by atoms with Gasteiger partial charge in [0.25, 0.3) is 0 Å². The van der Waals surface area contributed by atoms with Crippen LogP contribution in [0.1, 0.15) is 40.5 Å². The Hall–Kier alpha value is -1.75. The molecule has 1 saturated heterocycles. The Kier molecular flexibility index (Phi) is 5.43. The summed E-state index contributed by atoms with van der Waals surface area (Å²) in [4.78, 5) is 26.6. The fourth-order valence-corrected chi connectivity index (χ4v) is 2.85. The summed E-state index contributed by atoms with van der Waals surface area (Å²) in [5.41, 5.74) is -0.495. The zero-order valence-electron chi connectivity index (χ0n) is 14.7. The summed E-state index contributed by atoms with van der Waals surface area (Å²) in [6.07, 6.45) is 1.13. The average Bonchev–Trinajstić information content (AvgIpc) is 2.48. The highest BCUT2D eigenvalue weighted by molar-refractivity contribution is 6.30. The summed E-state index contributed by atoms with van der Waals surface area (Å²) in [6, 6.07) is 6.98. The molecule has 1 aliphatic rings. The van der Waals surface area contributed by atoms with Crippen molar-refractivity contribution in [1.29, 1.82) is 0 Å². The zero-order chi connectivity index (χ0) is 18.0. The van der Waals surface area contributed by atoms with Crippen LogP contribution < -0.4 is 5.32 Å². The van der Waals surface area contributed by atoms with Crippen molar-refractivity contribution in [3.05, 3.63) is 29.3 Å². The van der Waals surface area contributed by atoms with Gasteiger partial charge in [-0.05, 0) is 64.8 Å². The molecule has 0 radical (unpaired) electrons. The molecule has 0 bridgehead atoms. The van der Waals surface area contributed by atoms with E-state index < -0.39 is 11.0 Å². The van der Waals surface area contributed by atoms with E-state index in [9.17, 15) is 9.59 Å². The monoisotopic (exact) mass is 352 g/mol. The fourth-order valence-electron chi connectivity index (χ4n) is 2.72. The molecule has 0 spiro atoms. The molecular formula is C18H25ClN2O3. The molecule has 1 aromatic rings. The smallest absolute Gasteiger partial charge is 0.410 e. The number of ether oxygens (including phenoxy) is 1. The highest BCUT2D eigenvalue weighted by Gasteiger charge is 2.40. The number of nitrogens with one attached hydrogen (secondary N) is 1. The van der Waals surface area contributed by atoms with Crippen molar-refractivity contribution < 1.29 is 14.3 Å². The first kappa shape index (κ1) is 18.6. The summed E-state index contributed by atoms with van der Waals surface area (Å²) in [7, 11) is 0. The number of carbonyl (C=O) groups excluding carboxylic acids is 2. The van der Waals surface area contributed by atoms with Crippen LogP contribution >= 0.6 is 11.6 Å².